The first-order valence-electron chi connectivity index (χ1n) is 4.70. The van der Waals surface area contributed by atoms with Crippen LogP contribution in [0, 0.1) is 17.8 Å². The van der Waals surface area contributed by atoms with Gasteiger partial charge >= 0.3 is 0 Å². The van der Waals surface area contributed by atoms with Gasteiger partial charge in [-0.15, -0.1) is 0 Å². The predicted octanol–water partition coefficient (Wildman–Crippen LogP) is 3.52. The summed E-state index contributed by atoms with van der Waals surface area (Å²) in [5.74, 6) is 3.21. The average Bonchev–Trinajstić information content (AvgIpc) is 1.98. The molecule has 0 aliphatic heterocycles. The molecule has 2 saturated carbocycles. The number of hydrogen-bond acceptors (Lipinski definition) is 0. The van der Waals surface area contributed by atoms with Crippen LogP contribution in [-0.2, 0) is 0 Å². The molecule has 0 amide bonds. The van der Waals surface area contributed by atoms with Gasteiger partial charge in [0.15, 0.2) is 0 Å². The molecule has 0 aromatic heterocycles. The molecule has 4 aliphatic carbocycles. The summed E-state index contributed by atoms with van der Waals surface area (Å²) in [4.78, 5) is 0. The smallest absolute Gasteiger partial charge is 0.00706 e. The van der Waals surface area contributed by atoms with Gasteiger partial charge in [-0.25, -0.2) is 0 Å². The zero-order valence-corrected chi connectivity index (χ0v) is 8.80. The van der Waals surface area contributed by atoms with Crippen LogP contribution in [0.5, 0.6) is 0 Å². The van der Waals surface area contributed by atoms with Gasteiger partial charge in [0, 0.05) is 0 Å². The van der Waals surface area contributed by atoms with Gasteiger partial charge < -0.3 is 0 Å². The van der Waals surface area contributed by atoms with E-state index in [0.29, 0.717) is 0 Å². The van der Waals surface area contributed by atoms with Crippen LogP contribution < -0.4 is 0 Å². The van der Waals surface area contributed by atoms with Crippen molar-refractivity contribution in [2.45, 2.75) is 32.1 Å². The summed E-state index contributed by atoms with van der Waals surface area (Å²) >= 11 is 2.61. The van der Waals surface area contributed by atoms with Gasteiger partial charge in [0.1, 0.15) is 0 Å². The van der Waals surface area contributed by atoms with E-state index < -0.39 is 0 Å². The van der Waals surface area contributed by atoms with E-state index in [9.17, 15) is 0 Å². The summed E-state index contributed by atoms with van der Waals surface area (Å²) in [6, 6.07) is 0. The van der Waals surface area contributed by atoms with Crippen LogP contribution in [0.15, 0.2) is 9.15 Å². The Kier molecular flexibility index (Phi) is 1.41. The molecule has 1 heteroatoms. The molecular formula is C10H13I. The molecule has 0 N–H and O–H groups in total. The Labute approximate surface area is 81.6 Å². The van der Waals surface area contributed by atoms with E-state index in [1.165, 1.54) is 25.7 Å². The maximum atomic E-state index is 2.61. The number of hydrogen-bond donors (Lipinski definition) is 0. The van der Waals surface area contributed by atoms with Crippen LogP contribution in [0.1, 0.15) is 32.1 Å². The molecule has 0 nitrogen and oxygen atoms in total. The summed E-state index contributed by atoms with van der Waals surface area (Å²) in [7, 11) is 0. The third-order valence-corrected chi connectivity index (χ3v) is 5.31. The number of allylic oxidation sites excluding steroid dienone is 2. The third kappa shape index (κ3) is 0.927. The first-order valence-corrected chi connectivity index (χ1v) is 5.78. The Morgan fingerprint density at radius 3 is 2.18 bits per heavy atom. The summed E-state index contributed by atoms with van der Waals surface area (Å²) in [6.07, 6.45) is 7.54. The fourth-order valence-corrected chi connectivity index (χ4v) is 4.32. The molecule has 4 rings (SSSR count). The second kappa shape index (κ2) is 2.24. The largest absolute Gasteiger partial charge is 0.0601 e. The second-order valence-corrected chi connectivity index (χ2v) is 5.66. The molecule has 4 aliphatic rings. The highest BCUT2D eigenvalue weighted by atomic mass is 127. The third-order valence-electron chi connectivity index (χ3n) is 3.67. The molecule has 0 radical (unpaired) electrons. The summed E-state index contributed by atoms with van der Waals surface area (Å²) in [6.45, 7) is 0. The molecular weight excluding hydrogens is 247 g/mol. The Morgan fingerprint density at radius 1 is 1.00 bits per heavy atom. The normalized spacial score (nSPS) is 47.2. The first kappa shape index (κ1) is 6.93. The van der Waals surface area contributed by atoms with Crippen molar-refractivity contribution in [3.05, 3.63) is 9.15 Å². The Bertz CT molecular complexity index is 213. The fraction of sp³-hybridized carbons (Fsp3) is 0.800. The quantitative estimate of drug-likeness (QED) is 0.584. The Balaban J connectivity index is 2.07. The van der Waals surface area contributed by atoms with Gasteiger partial charge in [-0.2, -0.15) is 0 Å². The summed E-state index contributed by atoms with van der Waals surface area (Å²) in [5.41, 5.74) is 1.84. The van der Waals surface area contributed by atoms with E-state index in [1.807, 2.05) is 5.57 Å². The van der Waals surface area contributed by atoms with Crippen LogP contribution in [0.3, 0.4) is 0 Å². The number of halogens is 1. The van der Waals surface area contributed by atoms with Gasteiger partial charge in [0.2, 0.25) is 0 Å². The predicted molar refractivity (Wildman–Crippen MR) is 54.6 cm³/mol. The summed E-state index contributed by atoms with van der Waals surface area (Å²) < 4.78 is 1.76. The van der Waals surface area contributed by atoms with Crippen molar-refractivity contribution in [1.29, 1.82) is 0 Å². The van der Waals surface area contributed by atoms with Crippen LogP contribution in [-0.4, -0.2) is 0 Å². The van der Waals surface area contributed by atoms with E-state index in [2.05, 4.69) is 22.6 Å². The molecule has 60 valence electrons. The van der Waals surface area contributed by atoms with Gasteiger partial charge in [0.25, 0.3) is 0 Å². The van der Waals surface area contributed by atoms with Gasteiger partial charge in [-0.3, -0.25) is 0 Å². The standard InChI is InChI=1S/C10H13I/c11-10-8-2-6-1-7(4-8)5-9(10)3-6/h6-8H,1-5H2. The molecule has 0 saturated heterocycles. The monoisotopic (exact) mass is 260 g/mol. The fourth-order valence-electron chi connectivity index (χ4n) is 3.37. The van der Waals surface area contributed by atoms with Gasteiger partial charge in [-0.1, -0.05) is 5.57 Å². The maximum absolute atomic E-state index is 2.61. The van der Waals surface area contributed by atoms with Crippen molar-refractivity contribution < 1.29 is 0 Å². The lowest BCUT2D eigenvalue weighted by atomic mass is 9.61. The van der Waals surface area contributed by atoms with Gasteiger partial charge in [0.05, 0.1) is 0 Å². The van der Waals surface area contributed by atoms with Crippen molar-refractivity contribution in [2.75, 3.05) is 0 Å². The highest BCUT2D eigenvalue weighted by molar-refractivity contribution is 14.1. The van der Waals surface area contributed by atoms with Crippen molar-refractivity contribution in [1.82, 2.24) is 0 Å². The van der Waals surface area contributed by atoms with E-state index in [4.69, 9.17) is 0 Å². The van der Waals surface area contributed by atoms with Crippen LogP contribution in [0.4, 0.5) is 0 Å². The highest BCUT2D eigenvalue weighted by Gasteiger charge is 2.40. The molecule has 2 unspecified atom stereocenters. The first-order chi connectivity index (χ1) is 5.33. The van der Waals surface area contributed by atoms with Crippen molar-refractivity contribution in [3.63, 3.8) is 0 Å². The van der Waals surface area contributed by atoms with Crippen LogP contribution >= 0.6 is 22.6 Å². The highest BCUT2D eigenvalue weighted by Crippen LogP contribution is 2.55. The molecule has 0 heterocycles. The molecule has 2 fully saturated rings. The molecule has 2 atom stereocenters. The molecule has 11 heavy (non-hydrogen) atoms. The lowest BCUT2D eigenvalue weighted by Crippen LogP contribution is -2.33. The Hall–Kier alpha value is 0.470. The zero-order valence-electron chi connectivity index (χ0n) is 6.65. The Morgan fingerprint density at radius 2 is 1.64 bits per heavy atom. The van der Waals surface area contributed by atoms with Crippen LogP contribution in [0.25, 0.3) is 0 Å². The van der Waals surface area contributed by atoms with Crippen molar-refractivity contribution in [2.24, 2.45) is 17.8 Å². The minimum absolute atomic E-state index is 1.01. The van der Waals surface area contributed by atoms with Crippen LogP contribution in [0.2, 0.25) is 0 Å². The summed E-state index contributed by atoms with van der Waals surface area (Å²) in [5, 5.41) is 0. The molecule has 4 bridgehead atoms. The molecule has 0 aromatic rings. The topological polar surface area (TPSA) is 0 Å². The number of rotatable bonds is 0. The lowest BCUT2D eigenvalue weighted by molar-refractivity contribution is 0.166. The van der Waals surface area contributed by atoms with Crippen molar-refractivity contribution >= 4 is 22.6 Å². The lowest BCUT2D eigenvalue weighted by Gasteiger charge is -2.46. The van der Waals surface area contributed by atoms with E-state index in [-0.39, 0.29) is 0 Å². The minimum atomic E-state index is 1.01. The second-order valence-electron chi connectivity index (χ2n) is 4.50. The minimum Gasteiger partial charge on any atom is -0.0601 e. The zero-order chi connectivity index (χ0) is 7.42. The van der Waals surface area contributed by atoms with E-state index in [1.54, 1.807) is 10.0 Å². The van der Waals surface area contributed by atoms with E-state index >= 15 is 0 Å². The molecule has 0 aromatic carbocycles. The average molecular weight is 260 g/mol. The molecule has 0 spiro atoms. The SMILES string of the molecule is IC1=C2CC3CC(C2)CC1C3. The van der Waals surface area contributed by atoms with Crippen molar-refractivity contribution in [3.8, 4) is 0 Å². The van der Waals surface area contributed by atoms with E-state index in [0.717, 1.165) is 17.8 Å². The maximum Gasteiger partial charge on any atom is -0.00706 e. The van der Waals surface area contributed by atoms with Gasteiger partial charge in [-0.05, 0) is 76.0 Å².